The number of nitrogens with zero attached hydrogens (tertiary/aromatic N) is 2. The number of rotatable bonds is 4. The molecule has 2 aliphatic rings. The van der Waals surface area contributed by atoms with Crippen LogP contribution < -0.4 is 4.74 Å². The van der Waals surface area contributed by atoms with Gasteiger partial charge in [0.05, 0.1) is 12.8 Å². The minimum Gasteiger partial charge on any atom is -0.496 e. The molecule has 0 saturated heterocycles. The average Bonchev–Trinajstić information content (AvgIpc) is 3.21. The number of fused-ring (bicyclic) bond motifs is 1. The van der Waals surface area contributed by atoms with Crippen molar-refractivity contribution < 1.29 is 4.74 Å². The minimum atomic E-state index is 0.444. The first kappa shape index (κ1) is 14.3. The molecule has 1 heterocycles. The molecule has 4 rings (SSSR count). The van der Waals surface area contributed by atoms with Crippen molar-refractivity contribution in [3.8, 4) is 11.4 Å². The van der Waals surface area contributed by atoms with Crippen LogP contribution in [-0.4, -0.2) is 16.7 Å². The number of aromatic nitrogens is 2. The first-order chi connectivity index (χ1) is 11.2. The van der Waals surface area contributed by atoms with Crippen LogP contribution in [0.4, 0.5) is 0 Å². The molecule has 0 bridgehead atoms. The Morgan fingerprint density at radius 1 is 1.30 bits per heavy atom. The summed E-state index contributed by atoms with van der Waals surface area (Å²) in [5.41, 5.74) is 3.70. The summed E-state index contributed by atoms with van der Waals surface area (Å²) < 4.78 is 7.77. The fourth-order valence-electron chi connectivity index (χ4n) is 3.50. The number of hydrogen-bond acceptors (Lipinski definition) is 2. The van der Waals surface area contributed by atoms with Gasteiger partial charge in [-0.15, -0.1) is 0 Å². The number of hydrogen-bond donors (Lipinski definition) is 0. The van der Waals surface area contributed by atoms with Crippen LogP contribution in [0.5, 0.6) is 5.75 Å². The molecular formula is C20H22N2O. The topological polar surface area (TPSA) is 27.1 Å². The number of imidazole rings is 1. The lowest BCUT2D eigenvalue weighted by molar-refractivity contribution is 0.407. The lowest BCUT2D eigenvalue weighted by atomic mass is 10.0. The second-order valence-corrected chi connectivity index (χ2v) is 6.71. The Bertz CT molecular complexity index is 798. The molecule has 2 unspecified atom stereocenters. The highest BCUT2D eigenvalue weighted by Crippen LogP contribution is 2.50. The van der Waals surface area contributed by atoms with Crippen LogP contribution in [-0.2, 0) is 0 Å². The molecule has 1 aromatic heterocycles. The summed E-state index contributed by atoms with van der Waals surface area (Å²) in [6, 6.07) is 6.44. The van der Waals surface area contributed by atoms with Gasteiger partial charge in [-0.1, -0.05) is 38.1 Å². The Kier molecular flexibility index (Phi) is 3.37. The van der Waals surface area contributed by atoms with Gasteiger partial charge in [-0.3, -0.25) is 4.57 Å². The van der Waals surface area contributed by atoms with E-state index in [4.69, 9.17) is 4.74 Å². The molecule has 0 aliphatic heterocycles. The summed E-state index contributed by atoms with van der Waals surface area (Å²) in [6.45, 7) is 4.37. The zero-order chi connectivity index (χ0) is 16.0. The van der Waals surface area contributed by atoms with E-state index in [9.17, 15) is 0 Å². The highest BCUT2D eigenvalue weighted by atomic mass is 16.5. The maximum absolute atomic E-state index is 5.60. The molecule has 0 N–H and O–H groups in total. The van der Waals surface area contributed by atoms with Gasteiger partial charge in [-0.25, -0.2) is 4.98 Å². The van der Waals surface area contributed by atoms with E-state index in [1.807, 2.05) is 12.4 Å². The molecule has 0 amide bonds. The van der Waals surface area contributed by atoms with Crippen molar-refractivity contribution in [2.24, 2.45) is 11.8 Å². The third kappa shape index (κ3) is 2.40. The van der Waals surface area contributed by atoms with E-state index in [-0.39, 0.29) is 0 Å². The zero-order valence-electron chi connectivity index (χ0n) is 13.9. The molecule has 23 heavy (non-hydrogen) atoms. The van der Waals surface area contributed by atoms with Crippen molar-refractivity contribution in [2.75, 3.05) is 7.11 Å². The van der Waals surface area contributed by atoms with Crippen molar-refractivity contribution in [3.63, 3.8) is 0 Å². The molecule has 2 atom stereocenters. The zero-order valence-corrected chi connectivity index (χ0v) is 13.9. The normalized spacial score (nSPS) is 22.0. The highest BCUT2D eigenvalue weighted by molar-refractivity contribution is 5.70. The first-order valence-electron chi connectivity index (χ1n) is 8.29. The van der Waals surface area contributed by atoms with E-state index in [1.165, 1.54) is 17.6 Å². The van der Waals surface area contributed by atoms with Crippen molar-refractivity contribution in [3.05, 3.63) is 60.2 Å². The second kappa shape index (κ2) is 5.41. The van der Waals surface area contributed by atoms with Gasteiger partial charge in [0.15, 0.2) is 0 Å². The Labute approximate surface area is 137 Å². The van der Waals surface area contributed by atoms with E-state index >= 15 is 0 Å². The van der Waals surface area contributed by atoms with Crippen molar-refractivity contribution in [1.82, 2.24) is 9.55 Å². The summed E-state index contributed by atoms with van der Waals surface area (Å²) >= 11 is 0. The lowest BCUT2D eigenvalue weighted by Crippen LogP contribution is -2.04. The van der Waals surface area contributed by atoms with Crippen LogP contribution in [0.25, 0.3) is 11.3 Å². The molecule has 2 aliphatic carbocycles. The van der Waals surface area contributed by atoms with Crippen LogP contribution in [0.2, 0.25) is 0 Å². The summed E-state index contributed by atoms with van der Waals surface area (Å²) in [5.74, 6) is 3.82. The van der Waals surface area contributed by atoms with Crippen LogP contribution in [0.3, 0.4) is 0 Å². The summed E-state index contributed by atoms with van der Waals surface area (Å²) in [6.07, 6.45) is 11.9. The van der Waals surface area contributed by atoms with E-state index in [0.29, 0.717) is 11.8 Å². The van der Waals surface area contributed by atoms with Crippen LogP contribution in [0, 0.1) is 11.8 Å². The van der Waals surface area contributed by atoms with Crippen molar-refractivity contribution >= 4 is 5.57 Å². The largest absolute Gasteiger partial charge is 0.496 e. The maximum Gasteiger partial charge on any atom is 0.140 e. The molecule has 0 radical (unpaired) electrons. The Balaban J connectivity index is 1.76. The quantitative estimate of drug-likeness (QED) is 0.826. The maximum atomic E-state index is 5.60. The number of methoxy groups -OCH3 is 1. The third-order valence-corrected chi connectivity index (χ3v) is 4.89. The Hall–Kier alpha value is -2.29. The predicted molar refractivity (Wildman–Crippen MR) is 92.9 cm³/mol. The van der Waals surface area contributed by atoms with Gasteiger partial charge in [0, 0.05) is 18.5 Å². The SMILES string of the molecule is COc1cc(-n2ccnc2C2=CC=CC3CC23)ccc1C(C)C. The molecule has 1 aromatic carbocycles. The van der Waals surface area contributed by atoms with E-state index in [2.05, 4.69) is 59.8 Å². The van der Waals surface area contributed by atoms with Crippen LogP contribution in [0.1, 0.15) is 37.6 Å². The molecular weight excluding hydrogens is 284 g/mol. The fraction of sp³-hybridized carbons (Fsp3) is 0.350. The molecule has 3 heteroatoms. The van der Waals surface area contributed by atoms with Gasteiger partial charge < -0.3 is 4.74 Å². The fourth-order valence-corrected chi connectivity index (χ4v) is 3.50. The lowest BCUT2D eigenvalue weighted by Gasteiger charge is -2.16. The Morgan fingerprint density at radius 3 is 2.96 bits per heavy atom. The number of ether oxygens (including phenoxy) is 1. The van der Waals surface area contributed by atoms with Gasteiger partial charge in [-0.2, -0.15) is 0 Å². The number of allylic oxidation sites excluding steroid dienone is 4. The van der Waals surface area contributed by atoms with Gasteiger partial charge in [0.1, 0.15) is 11.6 Å². The second-order valence-electron chi connectivity index (χ2n) is 6.71. The summed E-state index contributed by atoms with van der Waals surface area (Å²) in [7, 11) is 1.74. The van der Waals surface area contributed by atoms with Gasteiger partial charge in [0.25, 0.3) is 0 Å². The molecule has 0 spiro atoms. The minimum absolute atomic E-state index is 0.444. The third-order valence-electron chi connectivity index (χ3n) is 4.89. The first-order valence-corrected chi connectivity index (χ1v) is 8.29. The number of benzene rings is 1. The summed E-state index contributed by atoms with van der Waals surface area (Å²) in [4.78, 5) is 4.63. The Morgan fingerprint density at radius 2 is 2.17 bits per heavy atom. The van der Waals surface area contributed by atoms with Gasteiger partial charge >= 0.3 is 0 Å². The van der Waals surface area contributed by atoms with Crippen molar-refractivity contribution in [1.29, 1.82) is 0 Å². The van der Waals surface area contributed by atoms with Crippen LogP contribution >= 0.6 is 0 Å². The molecule has 1 saturated carbocycles. The van der Waals surface area contributed by atoms with Gasteiger partial charge in [-0.05, 0) is 41.4 Å². The highest BCUT2D eigenvalue weighted by Gasteiger charge is 2.41. The predicted octanol–water partition coefficient (Wildman–Crippen LogP) is 4.59. The molecule has 2 aromatic rings. The molecule has 118 valence electrons. The van der Waals surface area contributed by atoms with E-state index in [1.54, 1.807) is 7.11 Å². The van der Waals surface area contributed by atoms with E-state index in [0.717, 1.165) is 23.2 Å². The smallest absolute Gasteiger partial charge is 0.140 e. The molecule has 1 fully saturated rings. The summed E-state index contributed by atoms with van der Waals surface area (Å²) in [5, 5.41) is 0. The standard InChI is InChI=1S/C20H22N2O/c1-13(2)16-8-7-15(12-19(16)23-3)22-10-9-21-20(22)17-6-4-5-14-11-18(14)17/h4-10,12-14,18H,11H2,1-3H3. The average molecular weight is 306 g/mol. The van der Waals surface area contributed by atoms with Crippen LogP contribution in [0.15, 0.2) is 48.8 Å². The van der Waals surface area contributed by atoms with Gasteiger partial charge in [0.2, 0.25) is 0 Å². The molecule has 3 nitrogen and oxygen atoms in total. The monoisotopic (exact) mass is 306 g/mol. The van der Waals surface area contributed by atoms with Crippen molar-refractivity contribution in [2.45, 2.75) is 26.2 Å². The van der Waals surface area contributed by atoms with E-state index < -0.39 is 0 Å².